The van der Waals surface area contributed by atoms with Crippen LogP contribution in [-0.4, -0.2) is 61.6 Å². The van der Waals surface area contributed by atoms with Gasteiger partial charge in [-0.1, -0.05) is 0 Å². The van der Waals surface area contributed by atoms with Crippen LogP contribution in [0.25, 0.3) is 0 Å². The van der Waals surface area contributed by atoms with Crippen LogP contribution in [0.4, 0.5) is 0 Å². The summed E-state index contributed by atoms with van der Waals surface area (Å²) in [6.45, 7) is 4.30. The highest BCUT2D eigenvalue weighted by molar-refractivity contribution is 7.08. The van der Waals surface area contributed by atoms with Gasteiger partial charge in [0.05, 0.1) is 18.8 Å². The molecule has 1 aromatic rings. The molecule has 0 N–H and O–H groups in total. The minimum Gasteiger partial charge on any atom is -0.380 e. The molecule has 0 radical (unpaired) electrons. The Labute approximate surface area is 118 Å². The van der Waals surface area contributed by atoms with Gasteiger partial charge in [-0.05, 0) is 24.9 Å². The number of ether oxygens (including phenoxy) is 1. The third-order valence-corrected chi connectivity index (χ3v) is 4.95. The Kier molecular flexibility index (Phi) is 3.86. The molecule has 0 unspecified atom stereocenters. The summed E-state index contributed by atoms with van der Waals surface area (Å²) in [6, 6.07) is 2.36. The highest BCUT2D eigenvalue weighted by Crippen LogP contribution is 2.25. The lowest BCUT2D eigenvalue weighted by Gasteiger charge is -2.41. The average molecular weight is 280 g/mol. The number of hydrogen-bond donors (Lipinski definition) is 0. The lowest BCUT2D eigenvalue weighted by molar-refractivity contribution is 0.0433. The van der Waals surface area contributed by atoms with Gasteiger partial charge in [-0.25, -0.2) is 0 Å². The molecule has 5 heteroatoms. The van der Waals surface area contributed by atoms with Crippen LogP contribution in [0.15, 0.2) is 16.8 Å². The maximum atomic E-state index is 12.4. The predicted octanol–water partition coefficient (Wildman–Crippen LogP) is 1.54. The van der Waals surface area contributed by atoms with E-state index in [9.17, 15) is 4.79 Å². The number of carbonyl (C=O) groups is 1. The van der Waals surface area contributed by atoms with Crippen LogP contribution < -0.4 is 0 Å². The van der Waals surface area contributed by atoms with E-state index in [-0.39, 0.29) is 5.91 Å². The Morgan fingerprint density at radius 3 is 3.16 bits per heavy atom. The van der Waals surface area contributed by atoms with E-state index in [1.165, 1.54) is 0 Å². The maximum absolute atomic E-state index is 12.4. The summed E-state index contributed by atoms with van der Waals surface area (Å²) in [6.07, 6.45) is 1.05. The minimum atomic E-state index is 0.179. The van der Waals surface area contributed by atoms with Crippen molar-refractivity contribution in [3.05, 3.63) is 22.4 Å². The minimum absolute atomic E-state index is 0.179. The fourth-order valence-corrected chi connectivity index (χ4v) is 3.67. The molecule has 1 amide bonds. The number of hydrogen-bond acceptors (Lipinski definition) is 4. The van der Waals surface area contributed by atoms with E-state index < -0.39 is 0 Å². The number of nitrogens with zero attached hydrogens (tertiary/aromatic N) is 2. The largest absolute Gasteiger partial charge is 0.380 e. The molecule has 2 aliphatic rings. The molecular formula is C14H20N2O2S. The molecule has 104 valence electrons. The van der Waals surface area contributed by atoms with Gasteiger partial charge in [0.15, 0.2) is 0 Å². The molecule has 0 bridgehead atoms. The van der Waals surface area contributed by atoms with E-state index in [2.05, 4.69) is 11.9 Å². The monoisotopic (exact) mass is 280 g/mol. The van der Waals surface area contributed by atoms with Gasteiger partial charge in [-0.3, -0.25) is 9.69 Å². The summed E-state index contributed by atoms with van der Waals surface area (Å²) >= 11 is 1.58. The van der Waals surface area contributed by atoms with Crippen LogP contribution in [0.2, 0.25) is 0 Å². The lowest BCUT2D eigenvalue weighted by atomic mass is 9.91. The standard InChI is InChI=1S/C14H20N2O2S/c1-15-5-6-18-9-11-2-4-16(8-13(11)15)14(17)12-3-7-19-10-12/h3,7,10-11,13H,2,4-6,8-9H2,1H3/t11-,13-/m1/s1. The predicted molar refractivity (Wildman–Crippen MR) is 75.6 cm³/mol. The van der Waals surface area contributed by atoms with E-state index in [1.807, 2.05) is 21.7 Å². The van der Waals surface area contributed by atoms with E-state index in [0.29, 0.717) is 12.0 Å². The van der Waals surface area contributed by atoms with Crippen molar-refractivity contribution in [1.82, 2.24) is 9.80 Å². The number of fused-ring (bicyclic) bond motifs is 1. The summed E-state index contributed by atoms with van der Waals surface area (Å²) in [5, 5.41) is 3.90. The van der Waals surface area contributed by atoms with Gasteiger partial charge >= 0.3 is 0 Å². The van der Waals surface area contributed by atoms with Crippen molar-refractivity contribution in [2.24, 2.45) is 5.92 Å². The molecule has 2 fully saturated rings. The van der Waals surface area contributed by atoms with Crippen molar-refractivity contribution in [3.8, 4) is 0 Å². The molecule has 19 heavy (non-hydrogen) atoms. The number of carbonyl (C=O) groups excluding carboxylic acids is 1. The van der Waals surface area contributed by atoms with Crippen LogP contribution >= 0.6 is 11.3 Å². The number of likely N-dealkylation sites (N-methyl/N-ethyl adjacent to an activating group) is 1. The van der Waals surface area contributed by atoms with E-state index in [4.69, 9.17) is 4.74 Å². The molecule has 2 aliphatic heterocycles. The molecule has 0 spiro atoms. The molecule has 3 heterocycles. The van der Waals surface area contributed by atoms with Crippen molar-refractivity contribution in [2.45, 2.75) is 12.5 Å². The molecule has 2 saturated heterocycles. The third-order valence-electron chi connectivity index (χ3n) is 4.26. The molecule has 0 aromatic carbocycles. The number of piperidine rings is 1. The van der Waals surface area contributed by atoms with Gasteiger partial charge in [-0.2, -0.15) is 11.3 Å². The average Bonchev–Trinajstić information content (AvgIpc) is 2.90. The highest BCUT2D eigenvalue weighted by Gasteiger charge is 2.35. The zero-order chi connectivity index (χ0) is 13.2. The Hall–Kier alpha value is -0.910. The summed E-state index contributed by atoms with van der Waals surface area (Å²) in [5.41, 5.74) is 0.830. The smallest absolute Gasteiger partial charge is 0.254 e. The zero-order valence-corrected chi connectivity index (χ0v) is 12.1. The van der Waals surface area contributed by atoms with E-state index in [1.54, 1.807) is 11.3 Å². The molecular weight excluding hydrogens is 260 g/mol. The highest BCUT2D eigenvalue weighted by atomic mass is 32.1. The Bertz CT molecular complexity index is 435. The van der Waals surface area contributed by atoms with Crippen LogP contribution in [0.5, 0.6) is 0 Å². The quantitative estimate of drug-likeness (QED) is 0.782. The van der Waals surface area contributed by atoms with E-state index in [0.717, 1.165) is 44.8 Å². The van der Waals surface area contributed by atoms with Crippen molar-refractivity contribution < 1.29 is 9.53 Å². The third kappa shape index (κ3) is 2.68. The maximum Gasteiger partial charge on any atom is 0.254 e. The molecule has 3 rings (SSSR count). The Morgan fingerprint density at radius 2 is 2.37 bits per heavy atom. The van der Waals surface area contributed by atoms with Crippen LogP contribution in [0.1, 0.15) is 16.8 Å². The van der Waals surface area contributed by atoms with Gasteiger partial charge < -0.3 is 9.64 Å². The Balaban J connectivity index is 1.71. The summed E-state index contributed by atoms with van der Waals surface area (Å²) < 4.78 is 5.66. The molecule has 4 nitrogen and oxygen atoms in total. The fourth-order valence-electron chi connectivity index (χ4n) is 3.04. The van der Waals surface area contributed by atoms with Crippen LogP contribution in [-0.2, 0) is 4.74 Å². The van der Waals surface area contributed by atoms with Gasteiger partial charge in [0.2, 0.25) is 0 Å². The molecule has 0 aliphatic carbocycles. The number of rotatable bonds is 1. The van der Waals surface area contributed by atoms with Gasteiger partial charge in [-0.15, -0.1) is 0 Å². The fraction of sp³-hybridized carbons (Fsp3) is 0.643. The summed E-state index contributed by atoms with van der Waals surface area (Å²) in [7, 11) is 2.14. The first-order valence-electron chi connectivity index (χ1n) is 6.85. The first-order chi connectivity index (χ1) is 9.25. The first kappa shape index (κ1) is 13.1. The topological polar surface area (TPSA) is 32.8 Å². The second kappa shape index (κ2) is 5.61. The number of amides is 1. The van der Waals surface area contributed by atoms with Crippen LogP contribution in [0.3, 0.4) is 0 Å². The second-order valence-electron chi connectivity index (χ2n) is 5.43. The summed E-state index contributed by atoms with van der Waals surface area (Å²) in [4.78, 5) is 16.8. The SMILES string of the molecule is CN1CCOC[C@H]2CCN(C(=O)c3ccsc3)C[C@H]21. The van der Waals surface area contributed by atoms with Crippen molar-refractivity contribution in [1.29, 1.82) is 0 Å². The normalized spacial score (nSPS) is 28.8. The van der Waals surface area contributed by atoms with Crippen molar-refractivity contribution >= 4 is 17.2 Å². The lowest BCUT2D eigenvalue weighted by Crippen LogP contribution is -2.53. The Morgan fingerprint density at radius 1 is 1.47 bits per heavy atom. The van der Waals surface area contributed by atoms with Gasteiger partial charge in [0.25, 0.3) is 5.91 Å². The van der Waals surface area contributed by atoms with Crippen molar-refractivity contribution in [2.75, 3.05) is 39.9 Å². The van der Waals surface area contributed by atoms with Gasteiger partial charge in [0.1, 0.15) is 0 Å². The molecule has 2 atom stereocenters. The number of likely N-dealkylation sites (tertiary alicyclic amines) is 1. The first-order valence-corrected chi connectivity index (χ1v) is 7.79. The molecule has 1 aromatic heterocycles. The molecule has 0 saturated carbocycles. The van der Waals surface area contributed by atoms with E-state index >= 15 is 0 Å². The number of thiophene rings is 1. The zero-order valence-electron chi connectivity index (χ0n) is 11.2. The second-order valence-corrected chi connectivity index (χ2v) is 6.21. The summed E-state index contributed by atoms with van der Waals surface area (Å²) in [5.74, 6) is 0.747. The van der Waals surface area contributed by atoms with Crippen LogP contribution in [0, 0.1) is 5.92 Å². The van der Waals surface area contributed by atoms with Gasteiger partial charge in [0, 0.05) is 37.0 Å². The van der Waals surface area contributed by atoms with Crippen molar-refractivity contribution in [3.63, 3.8) is 0 Å².